The average molecular weight is 267 g/mol. The lowest BCUT2D eigenvalue weighted by Crippen LogP contribution is -2.10. The van der Waals surface area contributed by atoms with E-state index in [0.717, 1.165) is 35.9 Å². The Morgan fingerprint density at radius 2 is 2.22 bits per heavy atom. The minimum Gasteiger partial charge on any atom is -0.369 e. The van der Waals surface area contributed by atoms with Gasteiger partial charge in [-0.1, -0.05) is 18.5 Å². The molecule has 0 aromatic carbocycles. The lowest BCUT2D eigenvalue weighted by molar-refractivity contribution is 0.881. The highest BCUT2D eigenvalue weighted by molar-refractivity contribution is 6.30. The summed E-state index contributed by atoms with van der Waals surface area (Å²) in [6, 6.07) is 0. The molecule has 2 rings (SSSR count). The molecule has 0 aliphatic rings. The zero-order valence-electron chi connectivity index (χ0n) is 10.4. The fourth-order valence-corrected chi connectivity index (χ4v) is 1.70. The second-order valence-corrected chi connectivity index (χ2v) is 4.22. The van der Waals surface area contributed by atoms with Gasteiger partial charge in [-0.15, -0.1) is 0 Å². The minimum absolute atomic E-state index is 0.504. The van der Waals surface area contributed by atoms with E-state index in [0.29, 0.717) is 11.7 Å². The molecule has 0 saturated heterocycles. The second kappa shape index (κ2) is 5.77. The Morgan fingerprint density at radius 3 is 2.89 bits per heavy atom. The summed E-state index contributed by atoms with van der Waals surface area (Å²) < 4.78 is 0. The molecule has 0 aliphatic carbocycles. The molecule has 2 heterocycles. The van der Waals surface area contributed by atoms with Crippen molar-refractivity contribution in [1.29, 1.82) is 0 Å². The molecule has 0 spiro atoms. The topological polar surface area (TPSA) is 79.4 Å². The predicted molar refractivity (Wildman–Crippen MR) is 69.7 cm³/mol. The Kier molecular flexibility index (Phi) is 4.09. The summed E-state index contributed by atoms with van der Waals surface area (Å²) in [7, 11) is 0. The molecule has 0 radical (unpaired) electrons. The number of aromatic nitrogens is 5. The first-order chi connectivity index (χ1) is 8.70. The summed E-state index contributed by atoms with van der Waals surface area (Å²) in [4.78, 5) is 12.7. The number of halogens is 1. The Labute approximate surface area is 110 Å². The van der Waals surface area contributed by atoms with Crippen LogP contribution in [0.25, 0.3) is 0 Å². The van der Waals surface area contributed by atoms with Crippen LogP contribution < -0.4 is 5.32 Å². The van der Waals surface area contributed by atoms with Crippen molar-refractivity contribution in [3.63, 3.8) is 0 Å². The molecule has 18 heavy (non-hydrogen) atoms. The third-order valence-corrected chi connectivity index (χ3v) is 2.94. The van der Waals surface area contributed by atoms with Crippen LogP contribution in [0.5, 0.6) is 0 Å². The first kappa shape index (κ1) is 12.8. The smallest absolute Gasteiger partial charge is 0.137 e. The molecule has 2 N–H and O–H groups in total. The standard InChI is InChI=1S/C11H15ClN6/c1-3-8-16-10(12)7(2)11(17-8)13-5-4-9-14-6-15-18-9/h6H,3-5H2,1-2H3,(H,13,16,17)(H,14,15,18). The number of hydrogen-bond donors (Lipinski definition) is 2. The molecular weight excluding hydrogens is 252 g/mol. The largest absolute Gasteiger partial charge is 0.369 e. The van der Waals surface area contributed by atoms with Gasteiger partial charge >= 0.3 is 0 Å². The summed E-state index contributed by atoms with van der Waals surface area (Å²) in [6.07, 6.45) is 3.01. The number of H-pyrrole nitrogens is 1. The van der Waals surface area contributed by atoms with Crippen LogP contribution >= 0.6 is 11.6 Å². The minimum atomic E-state index is 0.504. The van der Waals surface area contributed by atoms with E-state index in [1.54, 1.807) is 0 Å². The summed E-state index contributed by atoms with van der Waals surface area (Å²) in [6.45, 7) is 4.62. The SMILES string of the molecule is CCc1nc(Cl)c(C)c(NCCc2ncn[nH]2)n1. The van der Waals surface area contributed by atoms with Gasteiger partial charge in [0.25, 0.3) is 0 Å². The first-order valence-electron chi connectivity index (χ1n) is 5.81. The Morgan fingerprint density at radius 1 is 1.39 bits per heavy atom. The van der Waals surface area contributed by atoms with E-state index in [2.05, 4.69) is 30.5 Å². The fraction of sp³-hybridized carbons (Fsp3) is 0.455. The van der Waals surface area contributed by atoms with Gasteiger partial charge in [0.15, 0.2) is 0 Å². The van der Waals surface area contributed by atoms with Crippen LogP contribution in [0, 0.1) is 6.92 Å². The number of hydrogen-bond acceptors (Lipinski definition) is 5. The zero-order valence-corrected chi connectivity index (χ0v) is 11.1. The van der Waals surface area contributed by atoms with Crippen LogP contribution in [0.1, 0.15) is 24.1 Å². The molecule has 7 heteroatoms. The van der Waals surface area contributed by atoms with Crippen molar-refractivity contribution in [3.8, 4) is 0 Å². The fourth-order valence-electron chi connectivity index (χ4n) is 1.51. The van der Waals surface area contributed by atoms with Crippen molar-refractivity contribution in [2.24, 2.45) is 0 Å². The van der Waals surface area contributed by atoms with Crippen LogP contribution in [-0.2, 0) is 12.8 Å². The highest BCUT2D eigenvalue weighted by atomic mass is 35.5. The lowest BCUT2D eigenvalue weighted by atomic mass is 10.3. The van der Waals surface area contributed by atoms with Crippen molar-refractivity contribution in [1.82, 2.24) is 25.1 Å². The maximum absolute atomic E-state index is 6.06. The van der Waals surface area contributed by atoms with Crippen molar-refractivity contribution in [2.45, 2.75) is 26.7 Å². The van der Waals surface area contributed by atoms with Crippen LogP contribution in [0.2, 0.25) is 5.15 Å². The van der Waals surface area contributed by atoms with Gasteiger partial charge in [0, 0.05) is 24.9 Å². The van der Waals surface area contributed by atoms with E-state index >= 15 is 0 Å². The van der Waals surface area contributed by atoms with Gasteiger partial charge in [0.2, 0.25) is 0 Å². The van der Waals surface area contributed by atoms with E-state index in [9.17, 15) is 0 Å². The summed E-state index contributed by atoms with van der Waals surface area (Å²) >= 11 is 6.06. The van der Waals surface area contributed by atoms with Gasteiger partial charge in [-0.25, -0.2) is 15.0 Å². The molecule has 0 unspecified atom stereocenters. The molecule has 2 aromatic rings. The second-order valence-electron chi connectivity index (χ2n) is 3.87. The van der Waals surface area contributed by atoms with Crippen LogP contribution in [-0.4, -0.2) is 31.7 Å². The van der Waals surface area contributed by atoms with Gasteiger partial charge in [0.05, 0.1) is 0 Å². The number of rotatable bonds is 5. The lowest BCUT2D eigenvalue weighted by Gasteiger charge is -2.10. The van der Waals surface area contributed by atoms with E-state index in [-0.39, 0.29) is 0 Å². The van der Waals surface area contributed by atoms with Gasteiger partial charge in [-0.2, -0.15) is 5.10 Å². The van der Waals surface area contributed by atoms with E-state index in [1.807, 2.05) is 13.8 Å². The van der Waals surface area contributed by atoms with Crippen LogP contribution in [0.15, 0.2) is 6.33 Å². The van der Waals surface area contributed by atoms with Crippen molar-refractivity contribution in [2.75, 3.05) is 11.9 Å². The molecule has 6 nitrogen and oxygen atoms in total. The number of nitrogens with zero attached hydrogens (tertiary/aromatic N) is 4. The van der Waals surface area contributed by atoms with Gasteiger partial charge < -0.3 is 5.32 Å². The van der Waals surface area contributed by atoms with E-state index < -0.39 is 0 Å². The van der Waals surface area contributed by atoms with Crippen molar-refractivity contribution >= 4 is 17.4 Å². The molecule has 96 valence electrons. The number of aromatic amines is 1. The van der Waals surface area contributed by atoms with Gasteiger partial charge in [-0.3, -0.25) is 5.10 Å². The molecule has 0 atom stereocenters. The molecule has 0 aliphatic heterocycles. The number of aryl methyl sites for hydroxylation is 1. The van der Waals surface area contributed by atoms with Crippen LogP contribution in [0.4, 0.5) is 5.82 Å². The van der Waals surface area contributed by atoms with Crippen molar-refractivity contribution < 1.29 is 0 Å². The van der Waals surface area contributed by atoms with Gasteiger partial charge in [0.1, 0.15) is 28.9 Å². The highest BCUT2D eigenvalue weighted by Gasteiger charge is 2.08. The Hall–Kier alpha value is -1.69. The summed E-state index contributed by atoms with van der Waals surface area (Å²) in [5.41, 5.74) is 0.867. The molecule has 0 saturated carbocycles. The molecular formula is C11H15ClN6. The first-order valence-corrected chi connectivity index (χ1v) is 6.19. The molecule has 2 aromatic heterocycles. The maximum Gasteiger partial charge on any atom is 0.137 e. The number of nitrogens with one attached hydrogen (secondary N) is 2. The summed E-state index contributed by atoms with van der Waals surface area (Å²) in [5.74, 6) is 2.37. The molecule has 0 fully saturated rings. The van der Waals surface area contributed by atoms with E-state index in [1.165, 1.54) is 6.33 Å². The van der Waals surface area contributed by atoms with Crippen molar-refractivity contribution in [3.05, 3.63) is 28.7 Å². The predicted octanol–water partition coefficient (Wildman–Crippen LogP) is 1.77. The van der Waals surface area contributed by atoms with E-state index in [4.69, 9.17) is 11.6 Å². The zero-order chi connectivity index (χ0) is 13.0. The summed E-state index contributed by atoms with van der Waals surface area (Å²) in [5, 5.41) is 10.4. The normalized spacial score (nSPS) is 10.6. The third kappa shape index (κ3) is 2.95. The highest BCUT2D eigenvalue weighted by Crippen LogP contribution is 2.19. The molecule has 0 bridgehead atoms. The quantitative estimate of drug-likeness (QED) is 0.807. The maximum atomic E-state index is 6.06. The van der Waals surface area contributed by atoms with Gasteiger partial charge in [-0.05, 0) is 6.92 Å². The number of anilines is 1. The monoisotopic (exact) mass is 266 g/mol. The molecule has 0 amide bonds. The average Bonchev–Trinajstić information content (AvgIpc) is 2.87. The Bertz CT molecular complexity index is 511. The Balaban J connectivity index is 2.02. The van der Waals surface area contributed by atoms with Crippen LogP contribution in [0.3, 0.4) is 0 Å². The third-order valence-electron chi connectivity index (χ3n) is 2.57.